The third kappa shape index (κ3) is 3.51. The Morgan fingerprint density at radius 1 is 0.938 bits per heavy atom. The fourth-order valence-corrected chi connectivity index (χ4v) is 4.88. The number of carbonyl (C=O) groups is 1. The lowest BCUT2D eigenvalue weighted by atomic mass is 9.71. The number of amides is 1. The Bertz CT molecular complexity index is 1180. The van der Waals surface area contributed by atoms with Gasteiger partial charge in [-0.1, -0.05) is 59.8 Å². The number of rotatable bonds is 4. The van der Waals surface area contributed by atoms with Gasteiger partial charge in [0, 0.05) is 16.7 Å². The van der Waals surface area contributed by atoms with E-state index >= 15 is 0 Å². The molecular formula is C26H25N3O3. The minimum absolute atomic E-state index is 0.484. The molecule has 3 N–H and O–H groups in total. The summed E-state index contributed by atoms with van der Waals surface area (Å²) in [5, 5.41) is 25.0. The van der Waals surface area contributed by atoms with Crippen molar-refractivity contribution in [2.75, 3.05) is 0 Å². The van der Waals surface area contributed by atoms with Crippen LogP contribution in [-0.2, 0) is 12.0 Å². The van der Waals surface area contributed by atoms with Crippen LogP contribution < -0.4 is 5.32 Å². The van der Waals surface area contributed by atoms with E-state index in [1.165, 1.54) is 0 Å². The van der Waals surface area contributed by atoms with Crippen LogP contribution in [0.15, 0.2) is 65.8 Å². The van der Waals surface area contributed by atoms with Crippen LogP contribution in [0.3, 0.4) is 0 Å². The largest absolute Gasteiger partial charge is 0.465 e. The van der Waals surface area contributed by atoms with E-state index in [-0.39, 0.29) is 0 Å². The summed E-state index contributed by atoms with van der Waals surface area (Å²) < 4.78 is 0. The van der Waals surface area contributed by atoms with Crippen LogP contribution in [0, 0.1) is 0 Å². The van der Waals surface area contributed by atoms with E-state index < -0.39 is 11.6 Å². The van der Waals surface area contributed by atoms with Crippen molar-refractivity contribution < 1.29 is 15.1 Å². The number of oxime groups is 1. The number of fused-ring (bicyclic) bond motifs is 1. The lowest BCUT2D eigenvalue weighted by Crippen LogP contribution is -2.50. The molecule has 1 saturated carbocycles. The molecule has 32 heavy (non-hydrogen) atoms. The molecular weight excluding hydrogens is 402 g/mol. The number of pyridine rings is 1. The highest BCUT2D eigenvalue weighted by Gasteiger charge is 2.40. The summed E-state index contributed by atoms with van der Waals surface area (Å²) in [7, 11) is 0. The number of nitrogens with zero attached hydrogens (tertiary/aromatic N) is 2. The molecule has 2 aliphatic rings. The second-order valence-electron chi connectivity index (χ2n) is 8.59. The molecule has 162 valence electrons. The average molecular weight is 428 g/mol. The molecule has 5 rings (SSSR count). The average Bonchev–Trinajstić information content (AvgIpc) is 2.80. The Morgan fingerprint density at radius 2 is 1.69 bits per heavy atom. The summed E-state index contributed by atoms with van der Waals surface area (Å²) in [6.07, 6.45) is 4.15. The summed E-state index contributed by atoms with van der Waals surface area (Å²) >= 11 is 0. The van der Waals surface area contributed by atoms with Crippen LogP contribution in [0.25, 0.3) is 22.4 Å². The fraction of sp³-hybridized carbons (Fsp3) is 0.269. The minimum Gasteiger partial charge on any atom is -0.465 e. The molecule has 1 aromatic heterocycles. The molecule has 0 radical (unpaired) electrons. The van der Waals surface area contributed by atoms with Crippen molar-refractivity contribution in [3.8, 4) is 22.4 Å². The Labute approximate surface area is 186 Å². The summed E-state index contributed by atoms with van der Waals surface area (Å²) in [6.45, 7) is 0. The maximum Gasteiger partial charge on any atom is 0.405 e. The Balaban J connectivity index is 1.61. The second kappa shape index (κ2) is 8.11. The van der Waals surface area contributed by atoms with Gasteiger partial charge in [-0.3, -0.25) is 4.98 Å². The van der Waals surface area contributed by atoms with E-state index in [0.717, 1.165) is 77.7 Å². The molecule has 0 aliphatic heterocycles. The third-order valence-electron chi connectivity index (χ3n) is 6.71. The van der Waals surface area contributed by atoms with Crippen molar-refractivity contribution in [2.24, 2.45) is 5.16 Å². The van der Waals surface area contributed by atoms with Gasteiger partial charge in [0.1, 0.15) is 0 Å². The number of aromatic nitrogens is 1. The molecule has 1 amide bonds. The molecule has 6 nitrogen and oxygen atoms in total. The van der Waals surface area contributed by atoms with Gasteiger partial charge in [0.15, 0.2) is 0 Å². The first-order valence-electron chi connectivity index (χ1n) is 11.0. The topological polar surface area (TPSA) is 94.8 Å². The first kappa shape index (κ1) is 20.2. The maximum atomic E-state index is 11.3. The molecule has 0 spiro atoms. The van der Waals surface area contributed by atoms with Crippen molar-refractivity contribution >= 4 is 11.8 Å². The molecule has 3 aromatic rings. The lowest BCUT2D eigenvalue weighted by Gasteiger charge is -2.42. The van der Waals surface area contributed by atoms with E-state index in [1.54, 1.807) is 0 Å². The van der Waals surface area contributed by atoms with Crippen LogP contribution in [0.2, 0.25) is 0 Å². The van der Waals surface area contributed by atoms with E-state index in [2.05, 4.69) is 28.7 Å². The highest BCUT2D eigenvalue weighted by molar-refractivity contribution is 6.03. The fourth-order valence-electron chi connectivity index (χ4n) is 4.88. The molecule has 6 heteroatoms. The van der Waals surface area contributed by atoms with Crippen LogP contribution in [0.5, 0.6) is 0 Å². The van der Waals surface area contributed by atoms with Crippen LogP contribution in [0.1, 0.15) is 48.9 Å². The van der Waals surface area contributed by atoms with E-state index in [0.29, 0.717) is 5.71 Å². The molecule has 2 aromatic carbocycles. The van der Waals surface area contributed by atoms with Crippen molar-refractivity contribution in [3.05, 3.63) is 77.5 Å². The van der Waals surface area contributed by atoms with Crippen LogP contribution >= 0.6 is 0 Å². The molecule has 1 heterocycles. The number of hydrogen-bond donors (Lipinski definition) is 3. The zero-order chi connectivity index (χ0) is 22.1. The van der Waals surface area contributed by atoms with Gasteiger partial charge in [0.2, 0.25) is 0 Å². The summed E-state index contributed by atoms with van der Waals surface area (Å²) in [5.41, 5.74) is 6.96. The van der Waals surface area contributed by atoms with Gasteiger partial charge in [0.25, 0.3) is 0 Å². The zero-order valence-corrected chi connectivity index (χ0v) is 17.7. The van der Waals surface area contributed by atoms with Crippen molar-refractivity contribution in [3.63, 3.8) is 0 Å². The molecule has 1 fully saturated rings. The standard InChI is InChI=1S/C26H25N3O3/c30-25(31)28-26(14-5-15-26)19-12-10-18(11-13-19)24-20(17-6-2-1-3-7-17)16-21-22(27-24)8-4-9-23(21)29-32/h1-3,6-7,10-13,16,28,32H,4-5,8-9,14-15H2,(H,30,31)/b29-23+. The Morgan fingerprint density at radius 3 is 2.31 bits per heavy atom. The highest BCUT2D eigenvalue weighted by atomic mass is 16.4. The van der Waals surface area contributed by atoms with E-state index in [4.69, 9.17) is 4.98 Å². The zero-order valence-electron chi connectivity index (χ0n) is 17.7. The first-order chi connectivity index (χ1) is 15.6. The number of aryl methyl sites for hydroxylation is 1. The number of nitrogens with one attached hydrogen (secondary N) is 1. The number of benzene rings is 2. The normalized spacial score (nSPS) is 17.9. The molecule has 2 aliphatic carbocycles. The number of hydrogen-bond acceptors (Lipinski definition) is 4. The molecule has 0 unspecified atom stereocenters. The summed E-state index contributed by atoms with van der Waals surface area (Å²) in [6, 6.07) is 20.3. The van der Waals surface area contributed by atoms with Crippen LogP contribution in [0.4, 0.5) is 4.79 Å². The van der Waals surface area contributed by atoms with Gasteiger partial charge in [-0.15, -0.1) is 0 Å². The Kier molecular flexibility index (Phi) is 5.13. The van der Waals surface area contributed by atoms with E-state index in [9.17, 15) is 15.1 Å². The number of carboxylic acid groups (broad SMARTS) is 1. The van der Waals surface area contributed by atoms with Gasteiger partial charge in [-0.25, -0.2) is 4.79 Å². The smallest absolute Gasteiger partial charge is 0.405 e. The van der Waals surface area contributed by atoms with Crippen molar-refractivity contribution in [1.29, 1.82) is 0 Å². The van der Waals surface area contributed by atoms with Gasteiger partial charge in [-0.05, 0) is 55.7 Å². The van der Waals surface area contributed by atoms with Gasteiger partial charge in [-0.2, -0.15) is 0 Å². The molecule has 0 atom stereocenters. The SMILES string of the molecule is O=C(O)NC1(c2ccc(-c3nc4c(cc3-c3ccccc3)/C(=N/O)CCC4)cc2)CCC1. The summed E-state index contributed by atoms with van der Waals surface area (Å²) in [5.74, 6) is 0. The summed E-state index contributed by atoms with van der Waals surface area (Å²) in [4.78, 5) is 16.3. The minimum atomic E-state index is -0.988. The van der Waals surface area contributed by atoms with Gasteiger partial charge < -0.3 is 15.6 Å². The van der Waals surface area contributed by atoms with Gasteiger partial charge >= 0.3 is 6.09 Å². The van der Waals surface area contributed by atoms with E-state index in [1.807, 2.05) is 42.5 Å². The molecule has 0 bridgehead atoms. The van der Waals surface area contributed by atoms with Crippen LogP contribution in [-0.4, -0.2) is 27.1 Å². The third-order valence-corrected chi connectivity index (χ3v) is 6.71. The first-order valence-corrected chi connectivity index (χ1v) is 11.0. The lowest BCUT2D eigenvalue weighted by molar-refractivity contribution is 0.144. The van der Waals surface area contributed by atoms with Crippen molar-refractivity contribution in [1.82, 2.24) is 10.3 Å². The second-order valence-corrected chi connectivity index (χ2v) is 8.59. The van der Waals surface area contributed by atoms with Gasteiger partial charge in [0.05, 0.1) is 22.6 Å². The molecule has 0 saturated heterocycles. The monoisotopic (exact) mass is 427 g/mol. The highest BCUT2D eigenvalue weighted by Crippen LogP contribution is 2.42. The predicted octanol–water partition coefficient (Wildman–Crippen LogP) is 5.58. The Hall–Kier alpha value is -3.67. The quantitative estimate of drug-likeness (QED) is 0.374. The van der Waals surface area contributed by atoms with Crippen molar-refractivity contribution in [2.45, 2.75) is 44.1 Å². The predicted molar refractivity (Wildman–Crippen MR) is 123 cm³/mol. The maximum absolute atomic E-state index is 11.3.